The average Bonchev–Trinajstić information content (AvgIpc) is 1.99. The van der Waals surface area contributed by atoms with Gasteiger partial charge in [-0.2, -0.15) is 0 Å². The number of hydrogen-bond donors (Lipinski definition) is 1. The fourth-order valence-corrected chi connectivity index (χ4v) is 1.57. The summed E-state index contributed by atoms with van der Waals surface area (Å²) in [5, 5.41) is 1.33. The van der Waals surface area contributed by atoms with Crippen molar-refractivity contribution in [3.63, 3.8) is 0 Å². The van der Waals surface area contributed by atoms with E-state index in [0.717, 1.165) is 9.13 Å². The zero-order valence-electron chi connectivity index (χ0n) is 5.57. The largest absolute Gasteiger partial charge is 0.326 e. The molecule has 1 rings (SSSR count). The summed E-state index contributed by atoms with van der Waals surface area (Å²) in [4.78, 5) is 0. The molecule has 1 aromatic carbocycles. The first-order valence-electron chi connectivity index (χ1n) is 2.98. The van der Waals surface area contributed by atoms with E-state index in [1.807, 2.05) is 12.1 Å². The van der Waals surface area contributed by atoms with Gasteiger partial charge in [-0.1, -0.05) is 23.2 Å². The molecule has 0 radical (unpaired) electrons. The molecule has 60 valence electrons. The first-order chi connectivity index (χ1) is 5.15. The van der Waals surface area contributed by atoms with Crippen LogP contribution in [0.4, 0.5) is 0 Å². The number of halogens is 3. The Kier molecular flexibility index (Phi) is 3.43. The molecule has 0 fully saturated rings. The van der Waals surface area contributed by atoms with Crippen molar-refractivity contribution < 1.29 is 0 Å². The molecule has 0 amide bonds. The summed E-state index contributed by atoms with van der Waals surface area (Å²) in [6.07, 6.45) is 0. The minimum atomic E-state index is 0.469. The van der Waals surface area contributed by atoms with Gasteiger partial charge in [0.2, 0.25) is 0 Å². The molecule has 1 nitrogen and oxygen atoms in total. The van der Waals surface area contributed by atoms with Crippen LogP contribution in [0.1, 0.15) is 5.56 Å². The molecule has 2 N–H and O–H groups in total. The number of nitrogens with two attached hydrogens (primary N) is 1. The van der Waals surface area contributed by atoms with Crippen molar-refractivity contribution >= 4 is 45.8 Å². The molecule has 0 aliphatic carbocycles. The first kappa shape index (κ1) is 9.58. The Morgan fingerprint density at radius 3 is 2.09 bits per heavy atom. The highest BCUT2D eigenvalue weighted by atomic mass is 127. The minimum absolute atomic E-state index is 0.469. The monoisotopic (exact) mass is 301 g/mol. The Balaban J connectivity index is 3.21. The highest BCUT2D eigenvalue weighted by molar-refractivity contribution is 14.1. The van der Waals surface area contributed by atoms with Crippen molar-refractivity contribution in [2.45, 2.75) is 6.54 Å². The predicted octanol–water partition coefficient (Wildman–Crippen LogP) is 3.06. The van der Waals surface area contributed by atoms with Crippen molar-refractivity contribution in [2.75, 3.05) is 0 Å². The van der Waals surface area contributed by atoms with Crippen LogP contribution < -0.4 is 5.73 Å². The van der Waals surface area contributed by atoms with E-state index in [9.17, 15) is 0 Å². The van der Waals surface area contributed by atoms with Crippen molar-refractivity contribution in [1.82, 2.24) is 0 Å². The van der Waals surface area contributed by atoms with Gasteiger partial charge < -0.3 is 5.73 Å². The molecule has 0 saturated heterocycles. The van der Waals surface area contributed by atoms with E-state index in [0.29, 0.717) is 16.6 Å². The third kappa shape index (κ3) is 2.21. The van der Waals surface area contributed by atoms with Crippen molar-refractivity contribution in [1.29, 1.82) is 0 Å². The van der Waals surface area contributed by atoms with E-state index in [4.69, 9.17) is 28.9 Å². The van der Waals surface area contributed by atoms with E-state index in [1.165, 1.54) is 0 Å². The van der Waals surface area contributed by atoms with Gasteiger partial charge in [0.15, 0.2) is 0 Å². The lowest BCUT2D eigenvalue weighted by molar-refractivity contribution is 1.07. The van der Waals surface area contributed by atoms with Crippen LogP contribution in [0.3, 0.4) is 0 Å². The van der Waals surface area contributed by atoms with Gasteiger partial charge in [0.25, 0.3) is 0 Å². The number of benzene rings is 1. The van der Waals surface area contributed by atoms with Gasteiger partial charge in [-0.05, 0) is 40.3 Å². The Bertz CT molecular complexity index is 252. The summed E-state index contributed by atoms with van der Waals surface area (Å²) in [5.41, 5.74) is 6.38. The fourth-order valence-electron chi connectivity index (χ4n) is 0.726. The maximum atomic E-state index is 5.85. The average molecular weight is 302 g/mol. The molecule has 0 spiro atoms. The molecular formula is C7H6Cl2IN. The summed E-state index contributed by atoms with van der Waals surface area (Å²) in [6, 6.07) is 3.66. The van der Waals surface area contributed by atoms with Gasteiger partial charge in [-0.25, -0.2) is 0 Å². The van der Waals surface area contributed by atoms with E-state index >= 15 is 0 Å². The van der Waals surface area contributed by atoms with E-state index in [2.05, 4.69) is 22.6 Å². The van der Waals surface area contributed by atoms with Gasteiger partial charge >= 0.3 is 0 Å². The first-order valence-corrected chi connectivity index (χ1v) is 4.82. The van der Waals surface area contributed by atoms with Gasteiger partial charge in [0, 0.05) is 6.54 Å². The SMILES string of the molecule is NCc1cc(Cl)c(I)c(Cl)c1. The molecule has 0 saturated carbocycles. The maximum Gasteiger partial charge on any atom is 0.0557 e. The molecule has 0 aliphatic rings. The quantitative estimate of drug-likeness (QED) is 0.626. The zero-order chi connectivity index (χ0) is 8.43. The summed E-state index contributed by atoms with van der Waals surface area (Å²) in [5.74, 6) is 0. The maximum absolute atomic E-state index is 5.85. The zero-order valence-corrected chi connectivity index (χ0v) is 9.24. The second kappa shape index (κ2) is 3.94. The van der Waals surface area contributed by atoms with Gasteiger partial charge in [-0.15, -0.1) is 0 Å². The summed E-state index contributed by atoms with van der Waals surface area (Å²) in [6.45, 7) is 0.469. The highest BCUT2D eigenvalue weighted by Crippen LogP contribution is 2.27. The lowest BCUT2D eigenvalue weighted by Crippen LogP contribution is -1.96. The molecular weight excluding hydrogens is 296 g/mol. The summed E-state index contributed by atoms with van der Waals surface area (Å²) < 4.78 is 0.878. The Morgan fingerprint density at radius 1 is 1.27 bits per heavy atom. The van der Waals surface area contributed by atoms with Crippen molar-refractivity contribution in [3.8, 4) is 0 Å². The highest BCUT2D eigenvalue weighted by Gasteiger charge is 2.03. The molecule has 1 aromatic rings. The Hall–Kier alpha value is 0.490. The number of rotatable bonds is 1. The Labute approximate surface area is 89.0 Å². The van der Waals surface area contributed by atoms with Crippen LogP contribution in [-0.4, -0.2) is 0 Å². The molecule has 4 heteroatoms. The molecule has 0 bridgehead atoms. The lowest BCUT2D eigenvalue weighted by atomic mass is 10.2. The fraction of sp³-hybridized carbons (Fsp3) is 0.143. The smallest absolute Gasteiger partial charge is 0.0557 e. The van der Waals surface area contributed by atoms with Gasteiger partial charge in [0.1, 0.15) is 0 Å². The standard InChI is InChI=1S/C7H6Cl2IN/c8-5-1-4(3-11)2-6(9)7(5)10/h1-2H,3,11H2. The molecule has 0 aliphatic heterocycles. The van der Waals surface area contributed by atoms with Crippen LogP contribution in [0.5, 0.6) is 0 Å². The normalized spacial score (nSPS) is 10.2. The second-order valence-corrected chi connectivity index (χ2v) is 3.97. The van der Waals surface area contributed by atoms with Crippen molar-refractivity contribution in [3.05, 3.63) is 31.3 Å². The van der Waals surface area contributed by atoms with Crippen LogP contribution in [0.25, 0.3) is 0 Å². The molecule has 0 aromatic heterocycles. The third-order valence-electron chi connectivity index (χ3n) is 1.28. The molecule has 11 heavy (non-hydrogen) atoms. The minimum Gasteiger partial charge on any atom is -0.326 e. The third-order valence-corrected chi connectivity index (χ3v) is 3.68. The second-order valence-electron chi connectivity index (χ2n) is 2.08. The van der Waals surface area contributed by atoms with Crippen LogP contribution in [0.2, 0.25) is 10.0 Å². The number of hydrogen-bond acceptors (Lipinski definition) is 1. The lowest BCUT2D eigenvalue weighted by Gasteiger charge is -2.02. The molecule has 0 atom stereocenters. The van der Waals surface area contributed by atoms with E-state index in [1.54, 1.807) is 0 Å². The topological polar surface area (TPSA) is 26.0 Å². The van der Waals surface area contributed by atoms with Crippen LogP contribution in [0.15, 0.2) is 12.1 Å². The van der Waals surface area contributed by atoms with Crippen LogP contribution in [0, 0.1) is 3.57 Å². The molecule has 0 heterocycles. The molecule has 0 unspecified atom stereocenters. The van der Waals surface area contributed by atoms with Crippen LogP contribution >= 0.6 is 45.8 Å². The van der Waals surface area contributed by atoms with Crippen molar-refractivity contribution in [2.24, 2.45) is 5.73 Å². The summed E-state index contributed by atoms with van der Waals surface area (Å²) in [7, 11) is 0. The van der Waals surface area contributed by atoms with Gasteiger partial charge in [-0.3, -0.25) is 0 Å². The van der Waals surface area contributed by atoms with Gasteiger partial charge in [0.05, 0.1) is 13.6 Å². The van der Waals surface area contributed by atoms with Crippen LogP contribution in [-0.2, 0) is 6.54 Å². The van der Waals surface area contributed by atoms with E-state index < -0.39 is 0 Å². The Morgan fingerprint density at radius 2 is 1.73 bits per heavy atom. The van der Waals surface area contributed by atoms with E-state index in [-0.39, 0.29) is 0 Å². The predicted molar refractivity (Wildman–Crippen MR) is 57.1 cm³/mol. The summed E-state index contributed by atoms with van der Waals surface area (Å²) >= 11 is 13.8.